The van der Waals surface area contributed by atoms with Gasteiger partial charge in [0, 0.05) is 0 Å². The van der Waals surface area contributed by atoms with E-state index in [1.165, 1.54) is 186 Å². The molecule has 14 heteroatoms. The van der Waals surface area contributed by atoms with Crippen molar-refractivity contribution in [2.75, 3.05) is 0 Å². The third-order valence-corrected chi connectivity index (χ3v) is 16.8. The number of hydrogen-bond acceptors (Lipinski definition) is 12. The van der Waals surface area contributed by atoms with E-state index in [0.29, 0.717) is 6.42 Å². The van der Waals surface area contributed by atoms with E-state index in [9.17, 15) is 28.8 Å². The minimum atomic E-state index is -3.64. The zero-order valence-corrected chi connectivity index (χ0v) is 49.3. The lowest BCUT2D eigenvalue weighted by Crippen LogP contribution is -2.36. The van der Waals surface area contributed by atoms with Gasteiger partial charge in [0.15, 0.2) is 0 Å². The Morgan fingerprint density at radius 2 is 0.730 bits per heavy atom. The number of carbonyl (C=O) groups is 6. The van der Waals surface area contributed by atoms with E-state index in [1.54, 1.807) is 24.3 Å². The van der Waals surface area contributed by atoms with Gasteiger partial charge in [0.1, 0.15) is 0 Å². The quantitative estimate of drug-likeness (QED) is 0.0323. The molecule has 3 atom stereocenters. The predicted octanol–water partition coefficient (Wildman–Crippen LogP) is 16.2. The van der Waals surface area contributed by atoms with Crippen molar-refractivity contribution in [3.63, 3.8) is 0 Å². The number of unbranched alkanes of at least 4 members (excludes halogenated alkanes) is 36. The van der Waals surface area contributed by atoms with Gasteiger partial charge in [0.05, 0.1) is 37.0 Å². The van der Waals surface area contributed by atoms with Crippen molar-refractivity contribution in [1.82, 2.24) is 0 Å². The van der Waals surface area contributed by atoms with Crippen LogP contribution in [0.3, 0.4) is 0 Å². The van der Waals surface area contributed by atoms with Crippen LogP contribution in [0.4, 0.5) is 0 Å². The van der Waals surface area contributed by atoms with Crippen LogP contribution >= 0.6 is 0 Å². The molecule has 0 aromatic heterocycles. The van der Waals surface area contributed by atoms with E-state index in [1.807, 2.05) is 12.2 Å². The summed E-state index contributed by atoms with van der Waals surface area (Å²) in [5, 5.41) is 0. The van der Waals surface area contributed by atoms with E-state index >= 15 is 0 Å². The van der Waals surface area contributed by atoms with Gasteiger partial charge >= 0.3 is 30.3 Å². The molecular weight excluding hydrogens is 967 g/mol. The average Bonchev–Trinajstić information content (AvgIpc) is 3.59. The molecule has 2 rings (SSSR count). The molecule has 0 aliphatic carbocycles. The number of hydrogen-bond donors (Lipinski definition) is 0. The summed E-state index contributed by atoms with van der Waals surface area (Å²) in [5.74, 6) is -7.61. The third-order valence-electron chi connectivity index (χ3n) is 14.2. The van der Waals surface area contributed by atoms with E-state index in [0.717, 1.165) is 57.8 Å². The first-order chi connectivity index (χ1) is 36.2. The molecule has 2 saturated heterocycles. The number of rotatable bonds is 47. The first-order valence-electron chi connectivity index (χ1n) is 30.4. The molecule has 2 heterocycles. The largest absolute Gasteiger partial charge is 1.20 e. The van der Waals surface area contributed by atoms with Gasteiger partial charge in [0.2, 0.25) is 0 Å². The van der Waals surface area contributed by atoms with E-state index in [2.05, 4.69) is 20.8 Å². The monoisotopic (exact) mass is 1070 g/mol. The van der Waals surface area contributed by atoms with Crippen molar-refractivity contribution in [3.8, 4) is 0 Å². The maximum Gasteiger partial charge on any atom is 1.20 e. The predicted molar refractivity (Wildman–Crippen MR) is 297 cm³/mol. The zero-order chi connectivity index (χ0) is 53.5. The average molecular weight is 1070 g/mol. The minimum Gasteiger partial charge on any atom is -0.551 e. The molecule has 0 amide bonds. The van der Waals surface area contributed by atoms with Gasteiger partial charge < -0.3 is 22.7 Å². The van der Waals surface area contributed by atoms with Gasteiger partial charge in [-0.25, -0.2) is 0 Å². The fourth-order valence-electron chi connectivity index (χ4n) is 9.48. The molecule has 0 N–H and O–H groups in total. The first-order valence-corrected chi connectivity index (χ1v) is 33.2. The summed E-state index contributed by atoms with van der Waals surface area (Å²) in [6, 6.07) is 0. The molecule has 0 bridgehead atoms. The molecule has 0 aromatic rings. The lowest BCUT2D eigenvalue weighted by atomic mass is 10.0. The van der Waals surface area contributed by atoms with Crippen LogP contribution in [0.15, 0.2) is 36.5 Å². The molecule has 0 saturated carbocycles. The Kier molecular flexibility index (Phi) is 43.0. The molecule has 74 heavy (non-hydrogen) atoms. The highest BCUT2D eigenvalue weighted by atomic mass is 27.3. The summed E-state index contributed by atoms with van der Waals surface area (Å²) in [7, 11) is 0. The Bertz CT molecular complexity index is 1580. The number of allylic oxidation sites excluding steroid dienone is 3. The van der Waals surface area contributed by atoms with Crippen LogP contribution in [0.1, 0.15) is 290 Å². The van der Waals surface area contributed by atoms with Gasteiger partial charge in [-0.05, 0) is 38.5 Å². The molecule has 0 radical (unpaired) electrons. The van der Waals surface area contributed by atoms with Gasteiger partial charge in [-0.3, -0.25) is 28.8 Å². The molecule has 2 aliphatic heterocycles. The van der Waals surface area contributed by atoms with Crippen LogP contribution in [-0.2, 0) is 51.5 Å². The molecule has 12 nitrogen and oxygen atoms in total. The Morgan fingerprint density at radius 1 is 0.432 bits per heavy atom. The third kappa shape index (κ3) is 37.0. The van der Waals surface area contributed by atoms with Crippen molar-refractivity contribution in [2.24, 2.45) is 17.8 Å². The van der Waals surface area contributed by atoms with Gasteiger partial charge in [-0.2, -0.15) is 0 Å². The number of carbonyl (C=O) groups excluding carboxylic acids is 6. The van der Waals surface area contributed by atoms with E-state index in [-0.39, 0.29) is 12.8 Å². The molecule has 420 valence electrons. The highest BCUT2D eigenvalue weighted by Gasteiger charge is 2.54. The smallest absolute Gasteiger partial charge is 0.551 e. The second-order valence-corrected chi connectivity index (χ2v) is 23.7. The lowest BCUT2D eigenvalue weighted by molar-refractivity contribution is -0.152. The van der Waals surface area contributed by atoms with Crippen LogP contribution in [0.5, 0.6) is 0 Å². The van der Waals surface area contributed by atoms with Crippen molar-refractivity contribution < 1.29 is 51.5 Å². The summed E-state index contributed by atoms with van der Waals surface area (Å²) in [6.07, 6.45) is 56.2. The fraction of sp³-hybridized carbons (Fsp3) is 0.800. The van der Waals surface area contributed by atoms with Gasteiger partial charge in [0.25, 0.3) is 35.8 Å². The van der Waals surface area contributed by atoms with Gasteiger partial charge in [-0.15, -0.1) is 0 Å². The lowest BCUT2D eigenvalue weighted by Gasteiger charge is -2.16. The summed E-state index contributed by atoms with van der Waals surface area (Å²) in [4.78, 5) is 78.9. The highest BCUT2D eigenvalue weighted by molar-refractivity contribution is 6.45. The maximum atomic E-state index is 13.7. The molecular formula is C60H102Al2O12. The van der Waals surface area contributed by atoms with Crippen molar-refractivity contribution in [1.29, 1.82) is 0 Å². The minimum absolute atomic E-state index is 0.231. The van der Waals surface area contributed by atoms with Crippen LogP contribution in [0.25, 0.3) is 0 Å². The first kappa shape index (κ1) is 67.2. The SMILES string of the molecule is CCCCCCCCCCCCCCC=CC1CC(=O)[O][Al]([O]C(=O)CC(C=CCCCCCCCCCCCCCC)C(=O)[O][Al]2[O]C(=O)CC(C=CCCCCCCCCCCCCCC)C(=O)[O]2)[O]C1=O. The Hall–Kier alpha value is -2.90. The Labute approximate surface area is 459 Å². The molecule has 2 fully saturated rings. The van der Waals surface area contributed by atoms with Crippen LogP contribution < -0.4 is 0 Å². The summed E-state index contributed by atoms with van der Waals surface area (Å²) in [6.45, 7) is 6.72. The van der Waals surface area contributed by atoms with Crippen molar-refractivity contribution in [3.05, 3.63) is 36.5 Å². The van der Waals surface area contributed by atoms with Crippen LogP contribution in [0.2, 0.25) is 0 Å². The summed E-state index contributed by atoms with van der Waals surface area (Å²) < 4.78 is 32.6. The van der Waals surface area contributed by atoms with Crippen molar-refractivity contribution >= 4 is 66.1 Å². The highest BCUT2D eigenvalue weighted by Crippen LogP contribution is 2.22. The summed E-state index contributed by atoms with van der Waals surface area (Å²) >= 11 is -7.24. The Balaban J connectivity index is 1.88. The molecule has 0 spiro atoms. The molecule has 2 aliphatic rings. The second kappa shape index (κ2) is 47.3. The second-order valence-electron chi connectivity index (χ2n) is 21.1. The standard InChI is InChI=1S/3C20H36O4.2Al/c3*1-2-3-4-5-6-7-8-9-10-11-12-13-14-15-16-18(20(23)24)17-19(21)22;;/h3*15-16,18H,2-14,17H2,1H3,(H,21,22)(H,23,24);;/q;;;2*+3/p-6. The van der Waals surface area contributed by atoms with Crippen molar-refractivity contribution in [2.45, 2.75) is 290 Å². The topological polar surface area (TPSA) is 158 Å². The molecule has 3 unspecified atom stereocenters. The zero-order valence-electron chi connectivity index (χ0n) is 46.9. The summed E-state index contributed by atoms with van der Waals surface area (Å²) in [5.41, 5.74) is 0. The van der Waals surface area contributed by atoms with E-state index < -0.39 is 90.3 Å². The molecule has 0 aromatic carbocycles. The Morgan fingerprint density at radius 3 is 1.07 bits per heavy atom. The normalized spacial score (nSPS) is 16.9. The van der Waals surface area contributed by atoms with Crippen LogP contribution in [0, 0.1) is 17.8 Å². The maximum absolute atomic E-state index is 13.7. The van der Waals surface area contributed by atoms with E-state index in [4.69, 9.17) is 22.7 Å². The fourth-order valence-corrected chi connectivity index (χ4v) is 11.8. The van der Waals surface area contributed by atoms with Gasteiger partial charge in [-0.1, -0.05) is 269 Å². The van der Waals surface area contributed by atoms with Crippen LogP contribution in [-0.4, -0.2) is 66.1 Å².